The molecule has 2 atom stereocenters. The van der Waals surface area contributed by atoms with E-state index in [1.165, 1.54) is 11.3 Å². The standard InChI is InChI=1S/C15H17NO4S/c1-8(14(16)15(18)19)5-11(17)13-6-9-3-4-10(20-2)7-12(9)21-13/h3-4,6-8,14H,5,16H2,1-2H3,(H,18,19)/t8?,14-/m1/s1. The molecular weight excluding hydrogens is 290 g/mol. The summed E-state index contributed by atoms with van der Waals surface area (Å²) >= 11 is 1.38. The maximum atomic E-state index is 12.2. The van der Waals surface area contributed by atoms with Crippen LogP contribution in [0.3, 0.4) is 0 Å². The maximum Gasteiger partial charge on any atom is 0.320 e. The molecular formula is C15H17NO4S. The highest BCUT2D eigenvalue weighted by Crippen LogP contribution is 2.30. The van der Waals surface area contributed by atoms with Gasteiger partial charge in [-0.2, -0.15) is 0 Å². The average Bonchev–Trinajstić information content (AvgIpc) is 2.88. The van der Waals surface area contributed by atoms with E-state index in [0.717, 1.165) is 15.8 Å². The number of hydrogen-bond acceptors (Lipinski definition) is 5. The van der Waals surface area contributed by atoms with Crippen LogP contribution in [0.4, 0.5) is 0 Å². The summed E-state index contributed by atoms with van der Waals surface area (Å²) in [5.41, 5.74) is 5.53. The molecule has 1 aromatic heterocycles. The van der Waals surface area contributed by atoms with Crippen LogP contribution >= 0.6 is 11.3 Å². The third-order valence-electron chi connectivity index (χ3n) is 3.41. The number of nitrogens with two attached hydrogens (primary N) is 1. The second-order valence-electron chi connectivity index (χ2n) is 4.98. The van der Waals surface area contributed by atoms with E-state index in [0.29, 0.717) is 4.88 Å². The number of ketones is 1. The average molecular weight is 307 g/mol. The van der Waals surface area contributed by atoms with E-state index in [4.69, 9.17) is 15.6 Å². The van der Waals surface area contributed by atoms with Crippen LogP contribution in [-0.4, -0.2) is 30.0 Å². The summed E-state index contributed by atoms with van der Waals surface area (Å²) in [6, 6.07) is 6.41. The summed E-state index contributed by atoms with van der Waals surface area (Å²) in [5, 5.41) is 9.83. The quantitative estimate of drug-likeness (QED) is 0.800. The lowest BCUT2D eigenvalue weighted by Gasteiger charge is -2.14. The normalized spacial score (nSPS) is 13.9. The molecule has 0 aliphatic rings. The number of ether oxygens (including phenoxy) is 1. The zero-order chi connectivity index (χ0) is 15.6. The minimum absolute atomic E-state index is 0.0839. The van der Waals surface area contributed by atoms with Crippen molar-refractivity contribution in [1.29, 1.82) is 0 Å². The van der Waals surface area contributed by atoms with Gasteiger partial charge in [-0.3, -0.25) is 9.59 Å². The van der Waals surface area contributed by atoms with Crippen molar-refractivity contribution in [2.45, 2.75) is 19.4 Å². The van der Waals surface area contributed by atoms with Gasteiger partial charge in [0.2, 0.25) is 0 Å². The van der Waals surface area contributed by atoms with E-state index in [9.17, 15) is 9.59 Å². The Kier molecular flexibility index (Phi) is 4.59. The van der Waals surface area contributed by atoms with E-state index in [1.807, 2.05) is 24.3 Å². The maximum absolute atomic E-state index is 12.2. The number of carboxylic acids is 1. The second-order valence-corrected chi connectivity index (χ2v) is 6.07. The lowest BCUT2D eigenvalue weighted by atomic mass is 9.96. The predicted octanol–water partition coefficient (Wildman–Crippen LogP) is 2.53. The number of benzene rings is 1. The van der Waals surface area contributed by atoms with Crippen molar-refractivity contribution in [3.05, 3.63) is 29.1 Å². The van der Waals surface area contributed by atoms with Crippen LogP contribution in [0.5, 0.6) is 5.75 Å². The summed E-state index contributed by atoms with van der Waals surface area (Å²) in [6.45, 7) is 1.67. The highest BCUT2D eigenvalue weighted by molar-refractivity contribution is 7.20. The van der Waals surface area contributed by atoms with Gasteiger partial charge in [-0.05, 0) is 35.6 Å². The Balaban J connectivity index is 2.18. The number of fused-ring (bicyclic) bond motifs is 1. The van der Waals surface area contributed by atoms with E-state index in [-0.39, 0.29) is 12.2 Å². The molecule has 1 aromatic carbocycles. The van der Waals surface area contributed by atoms with Crippen LogP contribution in [0.2, 0.25) is 0 Å². The first-order valence-electron chi connectivity index (χ1n) is 6.51. The summed E-state index contributed by atoms with van der Waals surface area (Å²) in [4.78, 5) is 23.7. The summed E-state index contributed by atoms with van der Waals surface area (Å²) in [7, 11) is 1.59. The Labute approximate surface area is 126 Å². The molecule has 112 valence electrons. The van der Waals surface area contributed by atoms with E-state index in [1.54, 1.807) is 14.0 Å². The molecule has 1 heterocycles. The fourth-order valence-electron chi connectivity index (χ4n) is 2.04. The van der Waals surface area contributed by atoms with E-state index in [2.05, 4.69) is 0 Å². The topological polar surface area (TPSA) is 89.6 Å². The molecule has 0 saturated carbocycles. The Morgan fingerprint density at radius 2 is 2.10 bits per heavy atom. The number of Topliss-reactive ketones (excluding diaryl/α,β-unsaturated/α-hetero) is 1. The molecule has 1 unspecified atom stereocenters. The summed E-state index contributed by atoms with van der Waals surface area (Å²) < 4.78 is 6.12. The lowest BCUT2D eigenvalue weighted by Crippen LogP contribution is -2.37. The van der Waals surface area contributed by atoms with Crippen LogP contribution in [-0.2, 0) is 4.79 Å². The third kappa shape index (κ3) is 3.40. The number of carboxylic acid groups (broad SMARTS) is 1. The van der Waals surface area contributed by atoms with Crippen molar-refractivity contribution >= 4 is 33.2 Å². The van der Waals surface area contributed by atoms with Crippen LogP contribution in [0.1, 0.15) is 23.0 Å². The van der Waals surface area contributed by atoms with Crippen molar-refractivity contribution in [1.82, 2.24) is 0 Å². The molecule has 2 rings (SSSR count). The van der Waals surface area contributed by atoms with Gasteiger partial charge < -0.3 is 15.6 Å². The minimum atomic E-state index is -1.09. The molecule has 0 fully saturated rings. The molecule has 2 aromatic rings. The zero-order valence-electron chi connectivity index (χ0n) is 11.8. The number of carbonyl (C=O) groups is 2. The van der Waals surface area contributed by atoms with Crippen molar-refractivity contribution in [2.75, 3.05) is 7.11 Å². The van der Waals surface area contributed by atoms with Crippen molar-refractivity contribution < 1.29 is 19.4 Å². The SMILES string of the molecule is COc1ccc2cc(C(=O)CC(C)[C@@H](N)C(=O)O)sc2c1. The summed E-state index contributed by atoms with van der Waals surface area (Å²) in [5.74, 6) is -0.838. The Bertz CT molecular complexity index is 679. The van der Waals surface area contributed by atoms with E-state index >= 15 is 0 Å². The minimum Gasteiger partial charge on any atom is -0.497 e. The Morgan fingerprint density at radius 1 is 1.38 bits per heavy atom. The lowest BCUT2D eigenvalue weighted by molar-refractivity contribution is -0.139. The van der Waals surface area contributed by atoms with Crippen molar-refractivity contribution in [2.24, 2.45) is 11.7 Å². The Morgan fingerprint density at radius 3 is 2.71 bits per heavy atom. The molecule has 0 aliphatic heterocycles. The van der Waals surface area contributed by atoms with Gasteiger partial charge in [0.15, 0.2) is 5.78 Å². The van der Waals surface area contributed by atoms with Crippen molar-refractivity contribution in [3.63, 3.8) is 0 Å². The van der Waals surface area contributed by atoms with Crippen LogP contribution in [0.25, 0.3) is 10.1 Å². The number of hydrogen-bond donors (Lipinski definition) is 2. The molecule has 0 aliphatic carbocycles. The van der Waals surface area contributed by atoms with Gasteiger partial charge in [0.05, 0.1) is 12.0 Å². The monoisotopic (exact) mass is 307 g/mol. The highest BCUT2D eigenvalue weighted by Gasteiger charge is 2.23. The number of methoxy groups -OCH3 is 1. The fraction of sp³-hybridized carbons (Fsp3) is 0.333. The number of carbonyl (C=O) groups excluding carboxylic acids is 1. The molecule has 21 heavy (non-hydrogen) atoms. The van der Waals surface area contributed by atoms with Crippen molar-refractivity contribution in [3.8, 4) is 5.75 Å². The molecule has 0 bridgehead atoms. The van der Waals surface area contributed by atoms with Gasteiger partial charge in [-0.15, -0.1) is 11.3 Å². The second kappa shape index (κ2) is 6.24. The molecule has 3 N–H and O–H groups in total. The largest absolute Gasteiger partial charge is 0.497 e. The van der Waals surface area contributed by atoms with Crippen LogP contribution < -0.4 is 10.5 Å². The van der Waals surface area contributed by atoms with E-state index < -0.39 is 17.9 Å². The van der Waals surface area contributed by atoms with Gasteiger partial charge >= 0.3 is 5.97 Å². The van der Waals surface area contributed by atoms with Gasteiger partial charge in [0.25, 0.3) is 0 Å². The predicted molar refractivity (Wildman–Crippen MR) is 82.1 cm³/mol. The first kappa shape index (κ1) is 15.5. The van der Waals surface area contributed by atoms with Crippen LogP contribution in [0.15, 0.2) is 24.3 Å². The zero-order valence-corrected chi connectivity index (χ0v) is 12.6. The first-order valence-corrected chi connectivity index (χ1v) is 7.33. The molecule has 5 nitrogen and oxygen atoms in total. The molecule has 6 heteroatoms. The summed E-state index contributed by atoms with van der Waals surface area (Å²) in [6.07, 6.45) is 0.122. The smallest absolute Gasteiger partial charge is 0.320 e. The molecule has 0 spiro atoms. The number of aliphatic carboxylic acids is 1. The van der Waals surface area contributed by atoms with Gasteiger partial charge in [-0.25, -0.2) is 0 Å². The molecule has 0 radical (unpaired) electrons. The highest BCUT2D eigenvalue weighted by atomic mass is 32.1. The first-order chi connectivity index (χ1) is 9.92. The van der Waals surface area contributed by atoms with Gasteiger partial charge in [-0.1, -0.05) is 6.92 Å². The Hall–Kier alpha value is -1.92. The third-order valence-corrected chi connectivity index (χ3v) is 4.55. The van der Waals surface area contributed by atoms with Gasteiger partial charge in [0.1, 0.15) is 11.8 Å². The van der Waals surface area contributed by atoms with Gasteiger partial charge in [0, 0.05) is 11.1 Å². The molecule has 0 saturated heterocycles. The molecule has 0 amide bonds. The number of thiophene rings is 1. The number of rotatable bonds is 6. The van der Waals surface area contributed by atoms with Crippen LogP contribution in [0, 0.1) is 5.92 Å². The fourth-order valence-corrected chi connectivity index (χ4v) is 3.08.